The minimum Gasteiger partial charge on any atom is -0.363 e. The van der Waals surface area contributed by atoms with Gasteiger partial charge in [-0.05, 0) is 24.3 Å². The summed E-state index contributed by atoms with van der Waals surface area (Å²) < 4.78 is 7.76. The zero-order chi connectivity index (χ0) is 14.1. The van der Waals surface area contributed by atoms with Gasteiger partial charge in [-0.2, -0.15) is 0 Å². The lowest BCUT2D eigenvalue weighted by Crippen LogP contribution is -2.39. The van der Waals surface area contributed by atoms with Gasteiger partial charge < -0.3 is 4.74 Å². The van der Waals surface area contributed by atoms with Crippen molar-refractivity contribution in [3.8, 4) is 0 Å². The Balaban J connectivity index is 1.76. The standard InChI is InChI=1S/C12H14N4O3S/c13-15-11(17)9-2-1-7(19-9)5-16-6-14-8-3-4-20-10(8)12(16)18/h3-4,6-7,9H,1-2,5,13H2,(H,15,17). The molecule has 7 nitrogen and oxygen atoms in total. The van der Waals surface area contributed by atoms with Gasteiger partial charge >= 0.3 is 0 Å². The Bertz CT molecular complexity index is 695. The van der Waals surface area contributed by atoms with Gasteiger partial charge in [-0.15, -0.1) is 11.3 Å². The van der Waals surface area contributed by atoms with E-state index in [2.05, 4.69) is 10.4 Å². The second-order valence-corrected chi connectivity index (χ2v) is 5.59. The SMILES string of the molecule is NNC(=O)C1CCC(Cn2cnc3ccsc3c2=O)O1. The molecule has 3 rings (SSSR count). The van der Waals surface area contributed by atoms with E-state index < -0.39 is 6.10 Å². The highest BCUT2D eigenvalue weighted by atomic mass is 32.1. The highest BCUT2D eigenvalue weighted by Gasteiger charge is 2.30. The van der Waals surface area contributed by atoms with Crippen LogP contribution in [-0.2, 0) is 16.1 Å². The van der Waals surface area contributed by atoms with Crippen molar-refractivity contribution in [2.45, 2.75) is 31.6 Å². The third-order valence-electron chi connectivity index (χ3n) is 3.38. The molecule has 1 aliphatic heterocycles. The summed E-state index contributed by atoms with van der Waals surface area (Å²) >= 11 is 1.38. The smallest absolute Gasteiger partial charge is 0.271 e. The van der Waals surface area contributed by atoms with Crippen molar-refractivity contribution in [2.24, 2.45) is 5.84 Å². The number of hydrogen-bond acceptors (Lipinski definition) is 6. The number of fused-ring (bicyclic) bond motifs is 1. The molecule has 2 unspecified atom stereocenters. The van der Waals surface area contributed by atoms with Crippen LogP contribution in [0.4, 0.5) is 0 Å². The number of aromatic nitrogens is 2. The largest absolute Gasteiger partial charge is 0.363 e. The first-order valence-electron chi connectivity index (χ1n) is 6.27. The molecule has 0 spiro atoms. The molecule has 0 radical (unpaired) electrons. The number of nitrogens with one attached hydrogen (secondary N) is 1. The Morgan fingerprint density at radius 2 is 2.45 bits per heavy atom. The Morgan fingerprint density at radius 1 is 1.60 bits per heavy atom. The van der Waals surface area contributed by atoms with Crippen molar-refractivity contribution in [3.63, 3.8) is 0 Å². The van der Waals surface area contributed by atoms with E-state index in [1.165, 1.54) is 22.2 Å². The van der Waals surface area contributed by atoms with Crippen molar-refractivity contribution in [1.82, 2.24) is 15.0 Å². The number of carbonyl (C=O) groups excluding carboxylic acids is 1. The quantitative estimate of drug-likeness (QED) is 0.471. The van der Waals surface area contributed by atoms with Crippen molar-refractivity contribution >= 4 is 27.5 Å². The van der Waals surface area contributed by atoms with Gasteiger partial charge in [-0.1, -0.05) is 0 Å². The van der Waals surface area contributed by atoms with Crippen LogP contribution in [0.25, 0.3) is 10.2 Å². The summed E-state index contributed by atoms with van der Waals surface area (Å²) in [6, 6.07) is 1.82. The van der Waals surface area contributed by atoms with Crippen molar-refractivity contribution < 1.29 is 9.53 Å². The zero-order valence-electron chi connectivity index (χ0n) is 10.6. The fourth-order valence-electron chi connectivity index (χ4n) is 2.35. The predicted molar refractivity (Wildman–Crippen MR) is 74.1 cm³/mol. The number of ether oxygens (including phenoxy) is 1. The van der Waals surface area contributed by atoms with E-state index in [0.29, 0.717) is 29.6 Å². The molecule has 3 N–H and O–H groups in total. The van der Waals surface area contributed by atoms with Crippen LogP contribution in [0.5, 0.6) is 0 Å². The predicted octanol–water partition coefficient (Wildman–Crippen LogP) is -0.00450. The van der Waals surface area contributed by atoms with Crippen molar-refractivity contribution in [1.29, 1.82) is 0 Å². The first kappa shape index (κ1) is 13.2. The maximum atomic E-state index is 12.2. The van der Waals surface area contributed by atoms with E-state index in [0.717, 1.165) is 0 Å². The zero-order valence-corrected chi connectivity index (χ0v) is 11.4. The summed E-state index contributed by atoms with van der Waals surface area (Å²) in [4.78, 5) is 27.8. The number of hydrogen-bond donors (Lipinski definition) is 2. The number of amides is 1. The van der Waals surface area contributed by atoms with Crippen LogP contribution in [0.15, 0.2) is 22.6 Å². The van der Waals surface area contributed by atoms with E-state index in [9.17, 15) is 9.59 Å². The Labute approximate surface area is 118 Å². The summed E-state index contributed by atoms with van der Waals surface area (Å²) in [7, 11) is 0. The minimum absolute atomic E-state index is 0.0691. The molecule has 0 aromatic carbocycles. The van der Waals surface area contributed by atoms with Gasteiger partial charge in [0.15, 0.2) is 0 Å². The van der Waals surface area contributed by atoms with Crippen LogP contribution >= 0.6 is 11.3 Å². The molecule has 1 fully saturated rings. The average molecular weight is 294 g/mol. The molecule has 1 amide bonds. The number of nitrogens with zero attached hydrogens (tertiary/aromatic N) is 2. The van der Waals surface area contributed by atoms with Crippen molar-refractivity contribution in [2.75, 3.05) is 0 Å². The highest BCUT2D eigenvalue weighted by molar-refractivity contribution is 7.17. The summed E-state index contributed by atoms with van der Waals surface area (Å²) in [5.74, 6) is 4.75. The van der Waals surface area contributed by atoms with Crippen LogP contribution in [0.2, 0.25) is 0 Å². The summed E-state index contributed by atoms with van der Waals surface area (Å²) in [6.45, 7) is 0.397. The normalized spacial score (nSPS) is 22.2. The third kappa shape index (κ3) is 2.33. The molecule has 20 heavy (non-hydrogen) atoms. The highest BCUT2D eigenvalue weighted by Crippen LogP contribution is 2.21. The number of carbonyl (C=O) groups is 1. The van der Waals surface area contributed by atoms with Crippen LogP contribution in [0.1, 0.15) is 12.8 Å². The third-order valence-corrected chi connectivity index (χ3v) is 4.27. The molecular weight excluding hydrogens is 280 g/mol. The Kier molecular flexibility index (Phi) is 3.51. The lowest BCUT2D eigenvalue weighted by molar-refractivity contribution is -0.132. The summed E-state index contributed by atoms with van der Waals surface area (Å²) in [5, 5.41) is 1.84. The second kappa shape index (κ2) is 5.31. The maximum absolute atomic E-state index is 12.2. The number of nitrogens with two attached hydrogens (primary N) is 1. The molecule has 106 valence electrons. The van der Waals surface area contributed by atoms with Gasteiger partial charge in [-0.25, -0.2) is 10.8 Å². The first-order chi connectivity index (χ1) is 9.69. The van der Waals surface area contributed by atoms with Gasteiger partial charge in [-0.3, -0.25) is 19.6 Å². The average Bonchev–Trinajstić information content (AvgIpc) is 3.10. The monoisotopic (exact) mass is 294 g/mol. The summed E-state index contributed by atoms with van der Waals surface area (Å²) in [6.07, 6.45) is 2.15. The molecule has 2 aromatic rings. The maximum Gasteiger partial charge on any atom is 0.271 e. The molecule has 1 saturated heterocycles. The van der Waals surface area contributed by atoms with E-state index in [4.69, 9.17) is 10.6 Å². The number of thiophene rings is 1. The van der Waals surface area contributed by atoms with Gasteiger partial charge in [0.05, 0.1) is 24.5 Å². The minimum atomic E-state index is -0.529. The Hall–Kier alpha value is -1.77. The van der Waals surface area contributed by atoms with Gasteiger partial charge in [0.1, 0.15) is 10.8 Å². The Morgan fingerprint density at radius 3 is 3.25 bits per heavy atom. The van der Waals surface area contributed by atoms with Crippen LogP contribution in [0, 0.1) is 0 Å². The lowest BCUT2D eigenvalue weighted by atomic mass is 10.2. The first-order valence-corrected chi connectivity index (χ1v) is 7.15. The van der Waals surface area contributed by atoms with Gasteiger partial charge in [0.25, 0.3) is 11.5 Å². The molecule has 2 aromatic heterocycles. The second-order valence-electron chi connectivity index (χ2n) is 4.67. The molecule has 1 aliphatic rings. The number of rotatable bonds is 3. The molecule has 0 aliphatic carbocycles. The van der Waals surface area contributed by atoms with Crippen LogP contribution < -0.4 is 16.8 Å². The lowest BCUT2D eigenvalue weighted by Gasteiger charge is -2.13. The van der Waals surface area contributed by atoms with Gasteiger partial charge in [0.2, 0.25) is 0 Å². The van der Waals surface area contributed by atoms with E-state index in [1.807, 2.05) is 11.4 Å². The van der Waals surface area contributed by atoms with E-state index in [-0.39, 0.29) is 17.6 Å². The van der Waals surface area contributed by atoms with Crippen LogP contribution in [-0.4, -0.2) is 27.7 Å². The fourth-order valence-corrected chi connectivity index (χ4v) is 3.15. The molecule has 8 heteroatoms. The van der Waals surface area contributed by atoms with E-state index in [1.54, 1.807) is 0 Å². The van der Waals surface area contributed by atoms with Crippen molar-refractivity contribution in [3.05, 3.63) is 28.1 Å². The molecule has 3 heterocycles. The molecule has 0 bridgehead atoms. The topological polar surface area (TPSA) is 99.2 Å². The fraction of sp³-hybridized carbons (Fsp3) is 0.417. The molecule has 2 atom stereocenters. The van der Waals surface area contributed by atoms with E-state index >= 15 is 0 Å². The van der Waals surface area contributed by atoms with Crippen LogP contribution in [0.3, 0.4) is 0 Å². The summed E-state index contributed by atoms with van der Waals surface area (Å²) in [5.41, 5.74) is 2.72. The molecular formula is C12H14N4O3S. The number of hydrazine groups is 1. The molecule has 0 saturated carbocycles. The van der Waals surface area contributed by atoms with Gasteiger partial charge in [0, 0.05) is 0 Å².